The van der Waals surface area contributed by atoms with Gasteiger partial charge in [-0.1, -0.05) is 0 Å². The highest BCUT2D eigenvalue weighted by Gasteiger charge is 2.35. The Morgan fingerprint density at radius 1 is 1.20 bits per heavy atom. The molecule has 2 bridgehead atoms. The van der Waals surface area contributed by atoms with Crippen LogP contribution < -0.4 is 9.80 Å². The highest BCUT2D eigenvalue weighted by atomic mass is 16.5. The van der Waals surface area contributed by atoms with Gasteiger partial charge in [-0.25, -0.2) is 4.98 Å². The summed E-state index contributed by atoms with van der Waals surface area (Å²) in [5.74, 6) is 1.61. The van der Waals surface area contributed by atoms with Crippen molar-refractivity contribution in [2.75, 3.05) is 49.3 Å². The van der Waals surface area contributed by atoms with E-state index in [1.165, 1.54) is 0 Å². The van der Waals surface area contributed by atoms with Gasteiger partial charge in [0.05, 0.1) is 55.3 Å². The summed E-state index contributed by atoms with van der Waals surface area (Å²) < 4.78 is 13.4. The van der Waals surface area contributed by atoms with Gasteiger partial charge in [0.15, 0.2) is 11.5 Å². The maximum Gasteiger partial charge on any atom is 0.177 e. The van der Waals surface area contributed by atoms with E-state index in [9.17, 15) is 5.11 Å². The van der Waals surface area contributed by atoms with E-state index in [0.29, 0.717) is 25.6 Å². The average molecular weight is 411 g/mol. The summed E-state index contributed by atoms with van der Waals surface area (Å²) in [5.41, 5.74) is 1.79. The molecule has 10 heteroatoms. The maximum atomic E-state index is 9.95. The fourth-order valence-corrected chi connectivity index (χ4v) is 4.83. The zero-order valence-corrected chi connectivity index (χ0v) is 16.6. The van der Waals surface area contributed by atoms with Crippen molar-refractivity contribution in [1.82, 2.24) is 25.0 Å². The molecular formula is C20H25N7O3. The molecule has 2 N–H and O–H groups in total. The molecule has 6 rings (SSSR count). The number of pyridine rings is 1. The number of nitrogens with one attached hydrogen (secondary N) is 1. The normalized spacial score (nSPS) is 26.6. The average Bonchev–Trinajstić information content (AvgIpc) is 3.52. The molecule has 0 amide bonds. The van der Waals surface area contributed by atoms with Gasteiger partial charge in [-0.2, -0.15) is 14.9 Å². The van der Waals surface area contributed by atoms with Crippen LogP contribution in [0.25, 0.3) is 16.9 Å². The van der Waals surface area contributed by atoms with Crippen LogP contribution >= 0.6 is 0 Å². The van der Waals surface area contributed by atoms with Gasteiger partial charge in [0.1, 0.15) is 5.82 Å². The van der Waals surface area contributed by atoms with Gasteiger partial charge in [-0.3, -0.25) is 5.10 Å². The Kier molecular flexibility index (Phi) is 4.36. The fourth-order valence-electron chi connectivity index (χ4n) is 4.83. The van der Waals surface area contributed by atoms with E-state index in [1.54, 1.807) is 10.9 Å². The number of rotatable bonds is 4. The molecular weight excluding hydrogens is 386 g/mol. The smallest absolute Gasteiger partial charge is 0.177 e. The number of aromatic nitrogens is 5. The number of morpholine rings is 2. The lowest BCUT2D eigenvalue weighted by atomic mass is 10.1. The first-order valence-electron chi connectivity index (χ1n) is 10.5. The van der Waals surface area contributed by atoms with Crippen LogP contribution in [0.4, 0.5) is 11.5 Å². The highest BCUT2D eigenvalue weighted by molar-refractivity contribution is 5.92. The van der Waals surface area contributed by atoms with E-state index in [0.717, 1.165) is 48.5 Å². The predicted octanol–water partition coefficient (Wildman–Crippen LogP) is 0.709. The molecule has 10 nitrogen and oxygen atoms in total. The van der Waals surface area contributed by atoms with Gasteiger partial charge in [0.2, 0.25) is 0 Å². The molecule has 0 saturated carbocycles. The lowest BCUT2D eigenvalue weighted by Gasteiger charge is -2.38. The molecule has 3 aliphatic rings. The molecule has 3 aromatic rings. The summed E-state index contributed by atoms with van der Waals surface area (Å²) in [7, 11) is 0. The van der Waals surface area contributed by atoms with E-state index >= 15 is 0 Å². The number of ether oxygens (including phenoxy) is 2. The van der Waals surface area contributed by atoms with Gasteiger partial charge in [0, 0.05) is 38.0 Å². The van der Waals surface area contributed by atoms with Gasteiger partial charge < -0.3 is 24.4 Å². The van der Waals surface area contributed by atoms with Crippen molar-refractivity contribution in [2.45, 2.75) is 31.1 Å². The number of hydrogen-bond donors (Lipinski definition) is 2. The van der Waals surface area contributed by atoms with Crippen LogP contribution in [0.15, 0.2) is 24.5 Å². The maximum absolute atomic E-state index is 9.95. The summed E-state index contributed by atoms with van der Waals surface area (Å²) in [4.78, 5) is 9.56. The molecule has 0 aromatic carbocycles. The molecule has 3 aromatic heterocycles. The molecule has 0 radical (unpaired) electrons. The number of H-pyrrole nitrogens is 1. The Morgan fingerprint density at radius 3 is 2.83 bits per heavy atom. The van der Waals surface area contributed by atoms with E-state index in [2.05, 4.69) is 31.2 Å². The van der Waals surface area contributed by atoms with Gasteiger partial charge in [-0.15, -0.1) is 0 Å². The Bertz CT molecular complexity index is 1020. The summed E-state index contributed by atoms with van der Waals surface area (Å²) in [6.45, 7) is 3.57. The Labute approximate surface area is 173 Å². The molecule has 6 heterocycles. The first-order valence-corrected chi connectivity index (χ1v) is 10.5. The molecule has 0 spiro atoms. The molecule has 1 unspecified atom stereocenters. The van der Waals surface area contributed by atoms with Crippen molar-refractivity contribution in [3.05, 3.63) is 24.5 Å². The molecule has 3 saturated heterocycles. The lowest BCUT2D eigenvalue weighted by Crippen LogP contribution is -2.48. The predicted molar refractivity (Wildman–Crippen MR) is 110 cm³/mol. The summed E-state index contributed by atoms with van der Waals surface area (Å²) in [6.07, 6.45) is 6.37. The summed E-state index contributed by atoms with van der Waals surface area (Å²) >= 11 is 0. The van der Waals surface area contributed by atoms with Crippen molar-refractivity contribution in [3.63, 3.8) is 0 Å². The topological polar surface area (TPSA) is 105 Å². The number of nitrogens with zero attached hydrogens (tertiary/aromatic N) is 6. The third-order valence-corrected chi connectivity index (χ3v) is 6.32. The van der Waals surface area contributed by atoms with Crippen LogP contribution in [0, 0.1) is 0 Å². The molecule has 3 atom stereocenters. The van der Waals surface area contributed by atoms with E-state index < -0.39 is 0 Å². The van der Waals surface area contributed by atoms with Crippen molar-refractivity contribution < 1.29 is 14.6 Å². The van der Waals surface area contributed by atoms with Crippen LogP contribution in [0.5, 0.6) is 0 Å². The molecule has 158 valence electrons. The van der Waals surface area contributed by atoms with Crippen molar-refractivity contribution in [2.24, 2.45) is 0 Å². The lowest BCUT2D eigenvalue weighted by molar-refractivity contribution is 0.0302. The first kappa shape index (κ1) is 18.1. The van der Waals surface area contributed by atoms with Crippen LogP contribution in [0.2, 0.25) is 0 Å². The Balaban J connectivity index is 1.49. The first-order chi connectivity index (χ1) is 14.8. The highest BCUT2D eigenvalue weighted by Crippen LogP contribution is 2.35. The minimum Gasteiger partial charge on any atom is -0.394 e. The zero-order chi connectivity index (χ0) is 20.1. The van der Waals surface area contributed by atoms with Crippen molar-refractivity contribution in [1.29, 1.82) is 0 Å². The van der Waals surface area contributed by atoms with Crippen LogP contribution in [0.3, 0.4) is 0 Å². The molecule has 30 heavy (non-hydrogen) atoms. The number of aromatic amines is 1. The largest absolute Gasteiger partial charge is 0.394 e. The van der Waals surface area contributed by atoms with Gasteiger partial charge in [0.25, 0.3) is 0 Å². The van der Waals surface area contributed by atoms with E-state index in [4.69, 9.17) is 14.5 Å². The molecule has 3 aliphatic heterocycles. The molecule has 3 fully saturated rings. The van der Waals surface area contributed by atoms with Crippen molar-refractivity contribution >= 4 is 22.5 Å². The van der Waals surface area contributed by atoms with Gasteiger partial charge in [-0.05, 0) is 12.8 Å². The number of anilines is 2. The second kappa shape index (κ2) is 7.22. The minimum atomic E-state index is -0.0909. The standard InChI is InChI=1S/C20H25N7O3/c28-11-13-12-29-6-5-26(13)17-7-19(25-9-14-1-2-15(10-25)30-14)23-20-16(17)8-22-27(20)18-3-4-21-24-18/h3-4,7-8,13-15,28H,1-2,5-6,9-12H2,(H,21,24)/t13?,14-,15+. The fraction of sp³-hybridized carbons (Fsp3) is 0.550. The summed E-state index contributed by atoms with van der Waals surface area (Å²) in [5, 5.41) is 22.6. The Hall–Kier alpha value is -2.69. The van der Waals surface area contributed by atoms with E-state index in [-0.39, 0.29) is 24.9 Å². The van der Waals surface area contributed by atoms with Gasteiger partial charge >= 0.3 is 0 Å². The number of aliphatic hydroxyl groups is 1. The number of fused-ring (bicyclic) bond motifs is 3. The summed E-state index contributed by atoms with van der Waals surface area (Å²) in [6, 6.07) is 3.92. The zero-order valence-electron chi connectivity index (χ0n) is 16.6. The third-order valence-electron chi connectivity index (χ3n) is 6.32. The third kappa shape index (κ3) is 2.94. The van der Waals surface area contributed by atoms with Crippen molar-refractivity contribution in [3.8, 4) is 5.82 Å². The minimum absolute atomic E-state index is 0.0361. The van der Waals surface area contributed by atoms with Crippen LogP contribution in [-0.2, 0) is 9.47 Å². The second-order valence-corrected chi connectivity index (χ2v) is 8.19. The second-order valence-electron chi connectivity index (χ2n) is 8.19. The van der Waals surface area contributed by atoms with E-state index in [1.807, 2.05) is 12.3 Å². The molecule has 0 aliphatic carbocycles. The Morgan fingerprint density at radius 2 is 2.07 bits per heavy atom. The number of aliphatic hydroxyl groups excluding tert-OH is 1. The monoisotopic (exact) mass is 411 g/mol. The van der Waals surface area contributed by atoms with Crippen LogP contribution in [0.1, 0.15) is 12.8 Å². The number of hydrogen-bond acceptors (Lipinski definition) is 8. The van der Waals surface area contributed by atoms with Crippen LogP contribution in [-0.4, -0.2) is 87.8 Å². The SMILES string of the molecule is OCC1COCCN1c1cc(N2C[C@H]3CC[C@@H](C2)O3)nc2c1cnn2-c1cc[nH]n1. The quantitative estimate of drug-likeness (QED) is 0.647.